The number of ether oxygens (including phenoxy) is 2. The van der Waals surface area contributed by atoms with E-state index in [4.69, 9.17) is 9.47 Å². The third-order valence-corrected chi connectivity index (χ3v) is 5.05. The molecule has 0 saturated heterocycles. The summed E-state index contributed by atoms with van der Waals surface area (Å²) in [5, 5.41) is 28.3. The van der Waals surface area contributed by atoms with Gasteiger partial charge in [-0.3, -0.25) is 0 Å². The van der Waals surface area contributed by atoms with Crippen molar-refractivity contribution in [1.29, 1.82) is 0 Å². The molecular weight excluding hydrogens is 358 g/mol. The lowest BCUT2D eigenvalue weighted by Crippen LogP contribution is -2.17. The van der Waals surface area contributed by atoms with Crippen LogP contribution in [0.25, 0.3) is 11.0 Å². The molecule has 3 aromatic rings. The average Bonchev–Trinajstić information content (AvgIpc) is 3.07. The van der Waals surface area contributed by atoms with Gasteiger partial charge in [-0.1, -0.05) is 23.4 Å². The fraction of sp³-hybridized carbons (Fsp3) is 0.429. The number of aromatic nitrogens is 3. The van der Waals surface area contributed by atoms with Crippen LogP contribution in [0.5, 0.6) is 5.75 Å². The van der Waals surface area contributed by atoms with Gasteiger partial charge in [0.25, 0.3) is 0 Å². The zero-order chi connectivity index (χ0) is 20.3. The van der Waals surface area contributed by atoms with Gasteiger partial charge in [0.2, 0.25) is 0 Å². The van der Waals surface area contributed by atoms with Gasteiger partial charge >= 0.3 is 0 Å². The maximum absolute atomic E-state index is 10.3. The quantitative estimate of drug-likeness (QED) is 0.580. The minimum Gasteiger partial charge on any atom is -0.494 e. The number of nitrogens with zero attached hydrogens (tertiary/aromatic N) is 3. The van der Waals surface area contributed by atoms with Crippen LogP contribution < -0.4 is 4.74 Å². The molecule has 3 rings (SSSR count). The van der Waals surface area contributed by atoms with Gasteiger partial charge in [0.05, 0.1) is 13.7 Å². The lowest BCUT2D eigenvalue weighted by molar-refractivity contribution is -0.100. The number of rotatable bonds is 8. The topological polar surface area (TPSA) is 89.6 Å². The summed E-state index contributed by atoms with van der Waals surface area (Å²) in [6.07, 6.45) is -0.533. The highest BCUT2D eigenvalue weighted by Crippen LogP contribution is 2.36. The van der Waals surface area contributed by atoms with Crippen LogP contribution in [0, 0.1) is 6.92 Å². The van der Waals surface area contributed by atoms with Gasteiger partial charge in [-0.15, -0.1) is 5.10 Å². The summed E-state index contributed by atoms with van der Waals surface area (Å²) in [5.74, 6) is 0.512. The summed E-state index contributed by atoms with van der Waals surface area (Å²) >= 11 is 0. The number of benzene rings is 2. The number of hydrogen-bond acceptors (Lipinski definition) is 6. The van der Waals surface area contributed by atoms with Crippen molar-refractivity contribution in [3.63, 3.8) is 0 Å². The van der Waals surface area contributed by atoms with Gasteiger partial charge in [-0.2, -0.15) is 0 Å². The SMILES string of the molecule is CCOC(O)CC(c1ccc(C)c(CO)c1)c1cc(OC)c2c(c1)nnn2C. The Bertz CT molecular complexity index is 954. The molecular formula is C21H27N3O4. The first-order valence-electron chi connectivity index (χ1n) is 9.35. The molecule has 0 saturated carbocycles. The van der Waals surface area contributed by atoms with Crippen molar-refractivity contribution in [2.45, 2.75) is 39.1 Å². The van der Waals surface area contributed by atoms with E-state index in [2.05, 4.69) is 10.3 Å². The molecule has 0 radical (unpaired) electrons. The van der Waals surface area contributed by atoms with Crippen molar-refractivity contribution in [2.24, 2.45) is 7.05 Å². The van der Waals surface area contributed by atoms with E-state index in [1.165, 1.54) is 0 Å². The van der Waals surface area contributed by atoms with Crippen LogP contribution in [-0.4, -0.2) is 45.2 Å². The molecule has 2 aromatic carbocycles. The Balaban J connectivity index is 2.12. The van der Waals surface area contributed by atoms with Crippen LogP contribution in [0.4, 0.5) is 0 Å². The molecule has 0 aliphatic carbocycles. The van der Waals surface area contributed by atoms with E-state index < -0.39 is 6.29 Å². The third-order valence-electron chi connectivity index (χ3n) is 5.05. The van der Waals surface area contributed by atoms with Crippen LogP contribution in [0.3, 0.4) is 0 Å². The highest BCUT2D eigenvalue weighted by Gasteiger charge is 2.22. The van der Waals surface area contributed by atoms with Gasteiger partial charge in [0, 0.05) is 26.0 Å². The van der Waals surface area contributed by atoms with Crippen molar-refractivity contribution >= 4 is 11.0 Å². The lowest BCUT2D eigenvalue weighted by atomic mass is 9.86. The molecule has 0 fully saturated rings. The maximum atomic E-state index is 10.3. The zero-order valence-electron chi connectivity index (χ0n) is 16.7. The fourth-order valence-electron chi connectivity index (χ4n) is 3.54. The monoisotopic (exact) mass is 385 g/mol. The van der Waals surface area contributed by atoms with E-state index in [9.17, 15) is 10.2 Å². The Kier molecular flexibility index (Phi) is 6.28. The number of aliphatic hydroxyl groups is 2. The summed E-state index contributed by atoms with van der Waals surface area (Å²) in [4.78, 5) is 0. The average molecular weight is 385 g/mol. The zero-order valence-corrected chi connectivity index (χ0v) is 16.7. The summed E-state index contributed by atoms with van der Waals surface area (Å²) in [5.41, 5.74) is 5.35. The molecule has 0 spiro atoms. The smallest absolute Gasteiger partial charge is 0.155 e. The van der Waals surface area contributed by atoms with Gasteiger partial charge < -0.3 is 19.7 Å². The van der Waals surface area contributed by atoms with Crippen LogP contribution in [0.1, 0.15) is 41.5 Å². The molecule has 0 aliphatic rings. The minimum atomic E-state index is -0.905. The van der Waals surface area contributed by atoms with Crippen molar-refractivity contribution in [2.75, 3.05) is 13.7 Å². The van der Waals surface area contributed by atoms with Crippen LogP contribution in [0.2, 0.25) is 0 Å². The normalized spacial score (nSPS) is 13.6. The predicted molar refractivity (Wildman–Crippen MR) is 106 cm³/mol. The van der Waals surface area contributed by atoms with Crippen molar-refractivity contribution in [1.82, 2.24) is 15.0 Å². The molecule has 28 heavy (non-hydrogen) atoms. The number of methoxy groups -OCH3 is 1. The summed E-state index contributed by atoms with van der Waals surface area (Å²) in [6.45, 7) is 4.21. The standard InChI is InChI=1S/C21H27N3O4/c1-5-28-20(26)11-17(14-7-6-13(2)16(8-14)12-25)15-9-18-21(19(10-15)27-4)24(3)23-22-18/h6-10,17,20,25-26H,5,11-12H2,1-4H3. The van der Waals surface area contributed by atoms with E-state index >= 15 is 0 Å². The number of aryl methyl sites for hydroxylation is 2. The molecule has 2 unspecified atom stereocenters. The Morgan fingerprint density at radius 2 is 1.96 bits per heavy atom. The second-order valence-electron chi connectivity index (χ2n) is 6.85. The first-order chi connectivity index (χ1) is 13.5. The summed E-state index contributed by atoms with van der Waals surface area (Å²) < 4.78 is 12.6. The highest BCUT2D eigenvalue weighted by molar-refractivity contribution is 5.82. The minimum absolute atomic E-state index is 0.0348. The first-order valence-corrected chi connectivity index (χ1v) is 9.35. The first kappa shape index (κ1) is 20.3. The van der Waals surface area contributed by atoms with Gasteiger partial charge in [-0.25, -0.2) is 4.68 Å². The van der Waals surface area contributed by atoms with E-state index in [-0.39, 0.29) is 12.5 Å². The van der Waals surface area contributed by atoms with E-state index in [0.29, 0.717) is 18.8 Å². The Hall–Kier alpha value is -2.48. The number of hydrogen-bond donors (Lipinski definition) is 2. The Morgan fingerprint density at radius 1 is 1.18 bits per heavy atom. The molecule has 150 valence electrons. The molecule has 2 atom stereocenters. The predicted octanol–water partition coefficient (Wildman–Crippen LogP) is 2.65. The van der Waals surface area contributed by atoms with E-state index in [1.807, 2.05) is 51.2 Å². The lowest BCUT2D eigenvalue weighted by Gasteiger charge is -2.23. The van der Waals surface area contributed by atoms with Crippen molar-refractivity contribution < 1.29 is 19.7 Å². The maximum Gasteiger partial charge on any atom is 0.155 e. The van der Waals surface area contributed by atoms with E-state index in [0.717, 1.165) is 33.3 Å². The molecule has 0 aliphatic heterocycles. The van der Waals surface area contributed by atoms with Crippen LogP contribution >= 0.6 is 0 Å². The molecule has 7 heteroatoms. The second kappa shape index (κ2) is 8.68. The number of fused-ring (bicyclic) bond motifs is 1. The Morgan fingerprint density at radius 3 is 2.64 bits per heavy atom. The van der Waals surface area contributed by atoms with Crippen molar-refractivity contribution in [3.8, 4) is 5.75 Å². The molecule has 1 aromatic heterocycles. The molecule has 7 nitrogen and oxygen atoms in total. The molecule has 2 N–H and O–H groups in total. The molecule has 1 heterocycles. The van der Waals surface area contributed by atoms with Gasteiger partial charge in [0.15, 0.2) is 6.29 Å². The van der Waals surface area contributed by atoms with E-state index in [1.54, 1.807) is 11.8 Å². The van der Waals surface area contributed by atoms with Crippen LogP contribution in [0.15, 0.2) is 30.3 Å². The summed E-state index contributed by atoms with van der Waals surface area (Å²) in [6, 6.07) is 9.90. The summed E-state index contributed by atoms with van der Waals surface area (Å²) in [7, 11) is 3.44. The molecule has 0 amide bonds. The largest absolute Gasteiger partial charge is 0.494 e. The second-order valence-corrected chi connectivity index (χ2v) is 6.85. The van der Waals surface area contributed by atoms with Gasteiger partial charge in [0.1, 0.15) is 16.8 Å². The number of aliphatic hydroxyl groups excluding tert-OH is 2. The third kappa shape index (κ3) is 4.01. The van der Waals surface area contributed by atoms with Gasteiger partial charge in [-0.05, 0) is 48.2 Å². The molecule has 0 bridgehead atoms. The Labute approximate surface area is 164 Å². The van der Waals surface area contributed by atoms with Crippen molar-refractivity contribution in [3.05, 3.63) is 52.6 Å². The fourth-order valence-corrected chi connectivity index (χ4v) is 3.54. The highest BCUT2D eigenvalue weighted by atomic mass is 16.6. The van der Waals surface area contributed by atoms with Crippen LogP contribution in [-0.2, 0) is 18.4 Å².